The zero-order valence-electron chi connectivity index (χ0n) is 10.2. The summed E-state index contributed by atoms with van der Waals surface area (Å²) in [5.41, 5.74) is 0.0669. The van der Waals surface area contributed by atoms with Crippen LogP contribution in [0.25, 0.3) is 21.6 Å². The highest BCUT2D eigenvalue weighted by Crippen LogP contribution is 2.27. The zero-order chi connectivity index (χ0) is 14.4. The van der Waals surface area contributed by atoms with E-state index in [4.69, 9.17) is 11.6 Å². The van der Waals surface area contributed by atoms with Gasteiger partial charge in [-0.05, 0) is 23.6 Å². The van der Waals surface area contributed by atoms with E-state index in [0.29, 0.717) is 10.2 Å². The molecule has 20 heavy (non-hydrogen) atoms. The van der Waals surface area contributed by atoms with Crippen LogP contribution in [-0.2, 0) is 7.05 Å². The van der Waals surface area contributed by atoms with E-state index in [1.165, 1.54) is 23.0 Å². The van der Waals surface area contributed by atoms with E-state index in [-0.39, 0.29) is 22.0 Å². The first kappa shape index (κ1) is 13.2. The Morgan fingerprint density at radius 3 is 2.80 bits per heavy atom. The predicted octanol–water partition coefficient (Wildman–Crippen LogP) is 3.59. The van der Waals surface area contributed by atoms with Gasteiger partial charge in [0.05, 0.1) is 16.1 Å². The molecule has 0 aliphatic carbocycles. The molecule has 0 N–H and O–H groups in total. The normalized spacial score (nSPS) is 11.2. The van der Waals surface area contributed by atoms with E-state index in [1.807, 2.05) is 0 Å². The lowest BCUT2D eigenvalue weighted by atomic mass is 10.2. The fourth-order valence-corrected chi connectivity index (χ4v) is 2.88. The Morgan fingerprint density at radius 1 is 1.30 bits per heavy atom. The maximum Gasteiger partial charge on any atom is 0.271 e. The third kappa shape index (κ3) is 1.92. The van der Waals surface area contributed by atoms with Crippen LogP contribution >= 0.6 is 22.9 Å². The van der Waals surface area contributed by atoms with Crippen LogP contribution in [0.3, 0.4) is 0 Å². The van der Waals surface area contributed by atoms with E-state index in [0.717, 1.165) is 12.1 Å². The third-order valence-electron chi connectivity index (χ3n) is 2.94. The van der Waals surface area contributed by atoms with Gasteiger partial charge in [0.25, 0.3) is 5.56 Å². The highest BCUT2D eigenvalue weighted by Gasteiger charge is 2.16. The van der Waals surface area contributed by atoms with Crippen LogP contribution in [0.2, 0.25) is 5.02 Å². The van der Waals surface area contributed by atoms with E-state index in [9.17, 15) is 13.6 Å². The molecule has 0 fully saturated rings. The Morgan fingerprint density at radius 2 is 2.05 bits per heavy atom. The Balaban J connectivity index is 2.37. The van der Waals surface area contributed by atoms with Gasteiger partial charge in [0, 0.05) is 7.05 Å². The van der Waals surface area contributed by atoms with Crippen molar-refractivity contribution in [2.45, 2.75) is 0 Å². The summed E-state index contributed by atoms with van der Waals surface area (Å²) < 4.78 is 29.1. The van der Waals surface area contributed by atoms with Crippen molar-refractivity contribution in [1.82, 2.24) is 9.55 Å². The van der Waals surface area contributed by atoms with Crippen molar-refractivity contribution in [1.29, 1.82) is 0 Å². The molecule has 0 atom stereocenters. The van der Waals surface area contributed by atoms with Gasteiger partial charge < -0.3 is 0 Å². The molecule has 3 rings (SSSR count). The second kappa shape index (κ2) is 4.64. The first-order valence-corrected chi connectivity index (χ1v) is 6.84. The standard InChI is InChI=1S/C13H7ClF2N2OS/c1-18-12(6-4-9(16)7(14)5-8(6)15)17-10-2-3-20-11(10)13(18)19/h2-5H,1H3. The molecule has 0 aliphatic rings. The van der Waals surface area contributed by atoms with Crippen LogP contribution in [0.5, 0.6) is 0 Å². The number of hydrogen-bond donors (Lipinski definition) is 0. The molecule has 102 valence electrons. The lowest BCUT2D eigenvalue weighted by molar-refractivity contribution is 0.601. The van der Waals surface area contributed by atoms with Crippen molar-refractivity contribution in [3.8, 4) is 11.4 Å². The van der Waals surface area contributed by atoms with Crippen LogP contribution in [0.4, 0.5) is 8.78 Å². The molecule has 2 aromatic heterocycles. The minimum absolute atomic E-state index is 0.0639. The number of halogens is 3. The summed E-state index contributed by atoms with van der Waals surface area (Å²) in [5.74, 6) is -1.43. The van der Waals surface area contributed by atoms with Crippen LogP contribution in [-0.4, -0.2) is 9.55 Å². The van der Waals surface area contributed by atoms with Crippen LogP contribution in [0.15, 0.2) is 28.4 Å². The van der Waals surface area contributed by atoms with Gasteiger partial charge in [-0.2, -0.15) is 0 Å². The van der Waals surface area contributed by atoms with Crippen LogP contribution in [0.1, 0.15) is 0 Å². The smallest absolute Gasteiger partial charge is 0.271 e. The van der Waals surface area contributed by atoms with Crippen LogP contribution in [0, 0.1) is 11.6 Å². The lowest BCUT2D eigenvalue weighted by Crippen LogP contribution is -2.19. The van der Waals surface area contributed by atoms with Crippen molar-refractivity contribution in [3.63, 3.8) is 0 Å². The van der Waals surface area contributed by atoms with Crippen molar-refractivity contribution in [2.75, 3.05) is 0 Å². The fourth-order valence-electron chi connectivity index (χ4n) is 1.92. The summed E-state index contributed by atoms with van der Waals surface area (Å²) in [6.07, 6.45) is 0. The highest BCUT2D eigenvalue weighted by molar-refractivity contribution is 7.17. The molecule has 0 saturated heterocycles. The number of rotatable bonds is 1. The molecule has 0 radical (unpaired) electrons. The van der Waals surface area contributed by atoms with Gasteiger partial charge in [-0.1, -0.05) is 11.6 Å². The Bertz CT molecular complexity index is 888. The first-order chi connectivity index (χ1) is 9.49. The van der Waals surface area contributed by atoms with Crippen molar-refractivity contribution in [2.24, 2.45) is 7.05 Å². The number of nitrogens with zero attached hydrogens (tertiary/aromatic N) is 2. The average Bonchev–Trinajstić information content (AvgIpc) is 2.87. The maximum atomic E-state index is 13.9. The molecule has 7 heteroatoms. The fraction of sp³-hybridized carbons (Fsp3) is 0.0769. The summed E-state index contributed by atoms with van der Waals surface area (Å²) in [5, 5.41) is 1.41. The Kier molecular flexibility index (Phi) is 3.07. The molecular weight excluding hydrogens is 306 g/mol. The molecule has 0 bridgehead atoms. The molecule has 3 aromatic rings. The summed E-state index contributed by atoms with van der Waals surface area (Å²) in [6, 6.07) is 3.48. The van der Waals surface area contributed by atoms with E-state index in [1.54, 1.807) is 11.4 Å². The van der Waals surface area contributed by atoms with Gasteiger partial charge in [-0.25, -0.2) is 13.8 Å². The van der Waals surface area contributed by atoms with Gasteiger partial charge in [-0.3, -0.25) is 9.36 Å². The van der Waals surface area contributed by atoms with Gasteiger partial charge in [0.2, 0.25) is 0 Å². The molecule has 0 saturated carbocycles. The van der Waals surface area contributed by atoms with Crippen molar-refractivity contribution in [3.05, 3.63) is 50.6 Å². The average molecular weight is 313 g/mol. The molecule has 3 nitrogen and oxygen atoms in total. The zero-order valence-corrected chi connectivity index (χ0v) is 11.7. The molecule has 0 spiro atoms. The Hall–Kier alpha value is -1.79. The number of hydrogen-bond acceptors (Lipinski definition) is 3. The number of benzene rings is 1. The topological polar surface area (TPSA) is 34.9 Å². The highest BCUT2D eigenvalue weighted by atomic mass is 35.5. The quantitative estimate of drug-likeness (QED) is 0.644. The van der Waals surface area contributed by atoms with Gasteiger partial charge in [0.15, 0.2) is 0 Å². The summed E-state index contributed by atoms with van der Waals surface area (Å²) in [7, 11) is 1.47. The molecule has 0 unspecified atom stereocenters. The third-order valence-corrected chi connectivity index (χ3v) is 4.12. The predicted molar refractivity (Wildman–Crippen MR) is 75.2 cm³/mol. The first-order valence-electron chi connectivity index (χ1n) is 5.58. The molecule has 0 amide bonds. The monoisotopic (exact) mass is 312 g/mol. The SMILES string of the molecule is Cn1c(-c2cc(F)c(Cl)cc2F)nc2ccsc2c1=O. The minimum atomic E-state index is -0.761. The molecule has 0 aliphatic heterocycles. The maximum absolute atomic E-state index is 13.9. The van der Waals surface area contributed by atoms with Gasteiger partial charge >= 0.3 is 0 Å². The van der Waals surface area contributed by atoms with Gasteiger partial charge in [0.1, 0.15) is 22.2 Å². The van der Waals surface area contributed by atoms with Crippen LogP contribution < -0.4 is 5.56 Å². The largest absolute Gasteiger partial charge is 0.294 e. The summed E-state index contributed by atoms with van der Waals surface area (Å²) >= 11 is 6.78. The minimum Gasteiger partial charge on any atom is -0.294 e. The second-order valence-electron chi connectivity index (χ2n) is 4.18. The number of aromatic nitrogens is 2. The van der Waals surface area contributed by atoms with Crippen molar-refractivity contribution >= 4 is 33.2 Å². The number of fused-ring (bicyclic) bond motifs is 1. The lowest BCUT2D eigenvalue weighted by Gasteiger charge is -2.09. The molecule has 1 aromatic carbocycles. The molecular formula is C13H7ClF2N2OS. The van der Waals surface area contributed by atoms with Crippen molar-refractivity contribution < 1.29 is 8.78 Å². The van der Waals surface area contributed by atoms with Gasteiger partial charge in [-0.15, -0.1) is 11.3 Å². The summed E-state index contributed by atoms with van der Waals surface area (Å²) in [4.78, 5) is 16.4. The Labute approximate surface area is 121 Å². The molecule has 2 heterocycles. The number of thiophene rings is 1. The van der Waals surface area contributed by atoms with E-state index < -0.39 is 11.6 Å². The van der Waals surface area contributed by atoms with E-state index >= 15 is 0 Å². The summed E-state index contributed by atoms with van der Waals surface area (Å²) in [6.45, 7) is 0. The van der Waals surface area contributed by atoms with E-state index in [2.05, 4.69) is 4.98 Å². The second-order valence-corrected chi connectivity index (χ2v) is 5.50.